The van der Waals surface area contributed by atoms with Crippen LogP contribution < -0.4 is 0 Å². The maximum absolute atomic E-state index is 13.3. The second-order valence-electron chi connectivity index (χ2n) is 15.9. The molecule has 0 aromatic rings. The highest BCUT2D eigenvalue weighted by Crippen LogP contribution is 2.68. The monoisotopic (exact) mass is 574 g/mol. The minimum atomic E-state index is -0.255. The van der Waals surface area contributed by atoms with Crippen LogP contribution in [0.5, 0.6) is 0 Å². The van der Waals surface area contributed by atoms with Crippen molar-refractivity contribution in [3.05, 3.63) is 0 Å². The molecule has 0 aromatic carbocycles. The van der Waals surface area contributed by atoms with Gasteiger partial charge in [-0.2, -0.15) is 12.6 Å². The average Bonchev–Trinajstić information content (AvgIpc) is 3.28. The quantitative estimate of drug-likeness (QED) is 0.134. The molecule has 0 bridgehead atoms. The summed E-state index contributed by atoms with van der Waals surface area (Å²) in [7, 11) is 0. The SMILES string of the molecule is CCCCCCC(S)C(=O)OC1CCCC2CC[C@H]3[C@H](CC[C@]4(C)[C@@H]([C@H](C)CC[C@@H](CC)C(C)C)CC[C@@H]34)[C@]21C. The molecular weight excluding hydrogens is 508 g/mol. The van der Waals surface area contributed by atoms with Crippen molar-refractivity contribution in [1.82, 2.24) is 0 Å². The van der Waals surface area contributed by atoms with Gasteiger partial charge in [-0.05, 0) is 123 Å². The van der Waals surface area contributed by atoms with Crippen molar-refractivity contribution >= 4 is 18.6 Å². The van der Waals surface area contributed by atoms with E-state index in [1.807, 2.05) is 0 Å². The van der Waals surface area contributed by atoms with Crippen LogP contribution in [0.2, 0.25) is 0 Å². The summed E-state index contributed by atoms with van der Waals surface area (Å²) in [5.74, 6) is 6.57. The molecule has 0 aromatic heterocycles. The number of rotatable bonds is 13. The number of carbonyl (C=O) groups excluding carboxylic acids is 1. The highest BCUT2D eigenvalue weighted by molar-refractivity contribution is 7.81. The fourth-order valence-corrected chi connectivity index (χ4v) is 11.5. The third-order valence-electron chi connectivity index (χ3n) is 13.8. The molecule has 0 amide bonds. The van der Waals surface area contributed by atoms with Gasteiger partial charge >= 0.3 is 5.97 Å². The van der Waals surface area contributed by atoms with E-state index in [-0.39, 0.29) is 22.7 Å². The van der Waals surface area contributed by atoms with Gasteiger partial charge in [0.05, 0.1) is 5.25 Å². The molecule has 0 aliphatic heterocycles. The zero-order chi connectivity index (χ0) is 29.1. The molecule has 0 spiro atoms. The predicted molar refractivity (Wildman–Crippen MR) is 174 cm³/mol. The molecule has 40 heavy (non-hydrogen) atoms. The van der Waals surface area contributed by atoms with Gasteiger partial charge in [0.25, 0.3) is 0 Å². The third-order valence-corrected chi connectivity index (χ3v) is 14.2. The second kappa shape index (κ2) is 14.1. The Morgan fingerprint density at radius 1 is 0.875 bits per heavy atom. The van der Waals surface area contributed by atoms with E-state index in [2.05, 4.69) is 48.5 Å². The van der Waals surface area contributed by atoms with E-state index in [0.717, 1.165) is 66.6 Å². The molecule has 4 aliphatic rings. The molecule has 4 saturated carbocycles. The minimum Gasteiger partial charge on any atom is -0.461 e. The van der Waals surface area contributed by atoms with Crippen LogP contribution in [-0.2, 0) is 9.53 Å². The third kappa shape index (κ3) is 6.50. The summed E-state index contributed by atoms with van der Waals surface area (Å²) < 4.78 is 6.50. The summed E-state index contributed by atoms with van der Waals surface area (Å²) in [6.07, 6.45) is 21.9. The van der Waals surface area contributed by atoms with E-state index >= 15 is 0 Å². The van der Waals surface area contributed by atoms with Crippen molar-refractivity contribution in [2.24, 2.45) is 58.2 Å². The van der Waals surface area contributed by atoms with Gasteiger partial charge in [-0.3, -0.25) is 4.79 Å². The van der Waals surface area contributed by atoms with Crippen LogP contribution in [0.4, 0.5) is 0 Å². The molecule has 4 rings (SSSR count). The first-order valence-electron chi connectivity index (χ1n) is 18.0. The molecule has 0 saturated heterocycles. The van der Waals surface area contributed by atoms with Crippen molar-refractivity contribution < 1.29 is 9.53 Å². The summed E-state index contributed by atoms with van der Waals surface area (Å²) in [5.41, 5.74) is 0.669. The van der Waals surface area contributed by atoms with Gasteiger partial charge in [0.1, 0.15) is 6.10 Å². The number of hydrogen-bond acceptors (Lipinski definition) is 3. The Bertz CT molecular complexity index is 810. The fraction of sp³-hybridized carbons (Fsp3) is 0.973. The highest BCUT2D eigenvalue weighted by Gasteiger charge is 2.62. The van der Waals surface area contributed by atoms with Crippen LogP contribution in [0.3, 0.4) is 0 Å². The molecule has 232 valence electrons. The number of hydrogen-bond donors (Lipinski definition) is 1. The van der Waals surface area contributed by atoms with E-state index in [9.17, 15) is 4.79 Å². The molecule has 3 unspecified atom stereocenters. The topological polar surface area (TPSA) is 26.3 Å². The second-order valence-corrected chi connectivity index (χ2v) is 16.6. The number of unbranched alkanes of at least 4 members (excludes halogenated alkanes) is 3. The van der Waals surface area contributed by atoms with E-state index in [4.69, 9.17) is 17.4 Å². The predicted octanol–water partition coefficient (Wildman–Crippen LogP) is 10.9. The van der Waals surface area contributed by atoms with Gasteiger partial charge in [0.2, 0.25) is 0 Å². The zero-order valence-electron chi connectivity index (χ0n) is 27.6. The lowest BCUT2D eigenvalue weighted by molar-refractivity contribution is -0.191. The molecule has 0 heterocycles. The first kappa shape index (κ1) is 32.7. The van der Waals surface area contributed by atoms with Gasteiger partial charge in [0.15, 0.2) is 0 Å². The Labute approximate surface area is 254 Å². The van der Waals surface area contributed by atoms with Crippen LogP contribution in [0.1, 0.15) is 158 Å². The number of esters is 1. The smallest absolute Gasteiger partial charge is 0.319 e. The first-order chi connectivity index (χ1) is 19.1. The van der Waals surface area contributed by atoms with Gasteiger partial charge < -0.3 is 4.74 Å². The van der Waals surface area contributed by atoms with Crippen molar-refractivity contribution in [1.29, 1.82) is 0 Å². The fourth-order valence-electron chi connectivity index (χ4n) is 11.2. The van der Waals surface area contributed by atoms with Crippen molar-refractivity contribution in [3.8, 4) is 0 Å². The van der Waals surface area contributed by atoms with Crippen LogP contribution in [0.15, 0.2) is 0 Å². The molecule has 4 aliphatic carbocycles. The van der Waals surface area contributed by atoms with E-state index in [1.54, 1.807) is 0 Å². The molecule has 3 heteroatoms. The van der Waals surface area contributed by atoms with Gasteiger partial charge in [0, 0.05) is 5.41 Å². The number of ether oxygens (including phenoxy) is 1. The molecule has 2 nitrogen and oxygen atoms in total. The van der Waals surface area contributed by atoms with Crippen molar-refractivity contribution in [2.75, 3.05) is 0 Å². The summed E-state index contributed by atoms with van der Waals surface area (Å²) >= 11 is 4.73. The summed E-state index contributed by atoms with van der Waals surface area (Å²) in [6.45, 7) is 17.3. The lowest BCUT2D eigenvalue weighted by atomic mass is 9.44. The Balaban J connectivity index is 1.44. The molecule has 0 radical (unpaired) electrons. The Kier molecular flexibility index (Phi) is 11.5. The summed E-state index contributed by atoms with van der Waals surface area (Å²) in [5, 5.41) is -0.255. The van der Waals surface area contributed by atoms with Gasteiger partial charge in [-0.25, -0.2) is 0 Å². The summed E-state index contributed by atoms with van der Waals surface area (Å²) in [6, 6.07) is 0. The normalized spacial score (nSPS) is 39.6. The first-order valence-corrected chi connectivity index (χ1v) is 18.5. The van der Waals surface area contributed by atoms with Crippen LogP contribution >= 0.6 is 12.6 Å². The van der Waals surface area contributed by atoms with Crippen molar-refractivity contribution in [3.63, 3.8) is 0 Å². The standard InChI is InChI=1S/C37H66O2S/c1-8-10-11-12-15-33(40)35(38)39-34-16-13-14-28-19-20-29-31-22-21-30(26(5)17-18-27(9-2)25(3)4)36(31,6)24-23-32(29)37(28,34)7/h25-34,40H,8-24H2,1-7H3/t26-,27-,28?,29-,30-,31+,32+,33?,34?,36-,37+/m1/s1. The van der Waals surface area contributed by atoms with Gasteiger partial charge in [-0.1, -0.05) is 87.0 Å². The van der Waals surface area contributed by atoms with E-state index < -0.39 is 0 Å². The number of carbonyl (C=O) groups is 1. The average molecular weight is 575 g/mol. The lowest BCUT2D eigenvalue weighted by Gasteiger charge is -2.62. The summed E-state index contributed by atoms with van der Waals surface area (Å²) in [4.78, 5) is 13.3. The molecule has 0 N–H and O–H groups in total. The van der Waals surface area contributed by atoms with E-state index in [0.29, 0.717) is 5.41 Å². The van der Waals surface area contributed by atoms with Gasteiger partial charge in [-0.15, -0.1) is 0 Å². The lowest BCUT2D eigenvalue weighted by Crippen LogP contribution is -2.58. The van der Waals surface area contributed by atoms with Crippen LogP contribution in [-0.4, -0.2) is 17.3 Å². The molecule has 11 atom stereocenters. The van der Waals surface area contributed by atoms with Crippen LogP contribution in [0.25, 0.3) is 0 Å². The van der Waals surface area contributed by atoms with Crippen LogP contribution in [0, 0.1) is 58.2 Å². The highest BCUT2D eigenvalue weighted by atomic mass is 32.1. The van der Waals surface area contributed by atoms with Crippen molar-refractivity contribution in [2.45, 2.75) is 169 Å². The molecule has 4 fully saturated rings. The Hall–Kier alpha value is -0.180. The largest absolute Gasteiger partial charge is 0.461 e. The number of thiol groups is 1. The van der Waals surface area contributed by atoms with E-state index in [1.165, 1.54) is 89.9 Å². The Morgan fingerprint density at radius 2 is 1.65 bits per heavy atom. The Morgan fingerprint density at radius 3 is 2.35 bits per heavy atom. The minimum absolute atomic E-state index is 0.0315. The zero-order valence-corrected chi connectivity index (χ0v) is 28.5. The number of fused-ring (bicyclic) bond motifs is 5. The molecular formula is C37H66O2S. The maximum Gasteiger partial charge on any atom is 0.319 e. The maximum atomic E-state index is 13.3.